The van der Waals surface area contributed by atoms with E-state index in [2.05, 4.69) is 13.8 Å². The van der Waals surface area contributed by atoms with Gasteiger partial charge in [0.05, 0.1) is 5.56 Å². The van der Waals surface area contributed by atoms with Crippen LogP contribution in [0.4, 0.5) is 0 Å². The lowest BCUT2D eigenvalue weighted by molar-refractivity contribution is 0.0695. The number of rotatable bonds is 3. The third kappa shape index (κ3) is 1.95. The van der Waals surface area contributed by atoms with Gasteiger partial charge in [-0.3, -0.25) is 0 Å². The van der Waals surface area contributed by atoms with Crippen molar-refractivity contribution in [3.63, 3.8) is 0 Å². The summed E-state index contributed by atoms with van der Waals surface area (Å²) in [6.45, 7) is 6.16. The van der Waals surface area contributed by atoms with E-state index in [-0.39, 0.29) is 0 Å². The fourth-order valence-electron chi connectivity index (χ4n) is 1.74. The first-order valence-corrected chi connectivity index (χ1v) is 4.93. The van der Waals surface area contributed by atoms with Crippen LogP contribution in [-0.4, -0.2) is 11.1 Å². The van der Waals surface area contributed by atoms with E-state index in [1.807, 2.05) is 19.1 Å². The predicted octanol–water partition coefficient (Wildman–Crippen LogP) is 3.07. The van der Waals surface area contributed by atoms with E-state index < -0.39 is 5.97 Å². The minimum Gasteiger partial charge on any atom is -0.478 e. The highest BCUT2D eigenvalue weighted by molar-refractivity contribution is 5.89. The Bertz CT molecular complexity index is 340. The van der Waals surface area contributed by atoms with E-state index in [1.54, 1.807) is 6.07 Å². The fourth-order valence-corrected chi connectivity index (χ4v) is 1.74. The molecule has 0 aliphatic carbocycles. The maximum atomic E-state index is 11.0. The van der Waals surface area contributed by atoms with Crippen LogP contribution >= 0.6 is 0 Å². The van der Waals surface area contributed by atoms with Crippen LogP contribution in [0, 0.1) is 0 Å². The van der Waals surface area contributed by atoms with E-state index in [1.165, 1.54) is 0 Å². The lowest BCUT2D eigenvalue weighted by atomic mass is 9.92. The third-order valence-electron chi connectivity index (χ3n) is 2.42. The van der Waals surface area contributed by atoms with E-state index in [9.17, 15) is 4.79 Å². The molecule has 0 fully saturated rings. The number of hydrogen-bond acceptors (Lipinski definition) is 1. The summed E-state index contributed by atoms with van der Waals surface area (Å²) in [5.74, 6) is -0.450. The van der Waals surface area contributed by atoms with Crippen molar-refractivity contribution in [2.75, 3.05) is 0 Å². The lowest BCUT2D eigenvalue weighted by Gasteiger charge is -2.13. The largest absolute Gasteiger partial charge is 0.478 e. The Balaban J connectivity index is 3.32. The highest BCUT2D eigenvalue weighted by atomic mass is 16.4. The Morgan fingerprint density at radius 2 is 2.07 bits per heavy atom. The molecule has 0 aliphatic heterocycles. The lowest BCUT2D eigenvalue weighted by Crippen LogP contribution is -2.06. The molecule has 2 heteroatoms. The molecule has 0 aromatic heterocycles. The molecule has 1 aromatic rings. The zero-order valence-electron chi connectivity index (χ0n) is 8.87. The third-order valence-corrected chi connectivity index (χ3v) is 2.42. The molecule has 0 spiro atoms. The molecule has 0 aliphatic rings. The van der Waals surface area contributed by atoms with Gasteiger partial charge in [0.2, 0.25) is 0 Å². The Labute approximate surface area is 84.6 Å². The summed E-state index contributed by atoms with van der Waals surface area (Å²) in [5.41, 5.74) is 2.56. The molecule has 0 saturated carbocycles. The first kappa shape index (κ1) is 10.8. The minimum atomic E-state index is -0.829. The average Bonchev–Trinajstić information content (AvgIpc) is 2.16. The monoisotopic (exact) mass is 192 g/mol. The van der Waals surface area contributed by atoms with Gasteiger partial charge in [-0.25, -0.2) is 4.79 Å². The summed E-state index contributed by atoms with van der Waals surface area (Å²) in [5, 5.41) is 9.00. The first-order valence-electron chi connectivity index (χ1n) is 4.93. The molecular formula is C12H16O2. The summed E-state index contributed by atoms with van der Waals surface area (Å²) < 4.78 is 0. The molecule has 76 valence electrons. The van der Waals surface area contributed by atoms with Crippen LogP contribution in [0.5, 0.6) is 0 Å². The molecule has 1 aromatic carbocycles. The van der Waals surface area contributed by atoms with Crippen LogP contribution in [0.1, 0.15) is 48.2 Å². The van der Waals surface area contributed by atoms with Crippen molar-refractivity contribution in [2.24, 2.45) is 0 Å². The van der Waals surface area contributed by atoms with Gasteiger partial charge in [-0.2, -0.15) is 0 Å². The minimum absolute atomic E-state index is 0.379. The number of carbonyl (C=O) groups is 1. The normalized spacial score (nSPS) is 10.6. The number of carboxylic acids is 1. The Morgan fingerprint density at radius 1 is 1.43 bits per heavy atom. The van der Waals surface area contributed by atoms with E-state index in [4.69, 9.17) is 5.11 Å². The topological polar surface area (TPSA) is 37.3 Å². The maximum absolute atomic E-state index is 11.0. The van der Waals surface area contributed by atoms with Gasteiger partial charge >= 0.3 is 5.97 Å². The second-order valence-corrected chi connectivity index (χ2v) is 3.69. The van der Waals surface area contributed by atoms with E-state index in [0.29, 0.717) is 11.5 Å². The summed E-state index contributed by atoms with van der Waals surface area (Å²) in [6, 6.07) is 5.50. The zero-order chi connectivity index (χ0) is 10.7. The average molecular weight is 192 g/mol. The van der Waals surface area contributed by atoms with Gasteiger partial charge in [-0.05, 0) is 29.5 Å². The number of hydrogen-bond donors (Lipinski definition) is 1. The highest BCUT2D eigenvalue weighted by Crippen LogP contribution is 2.23. The van der Waals surface area contributed by atoms with Crippen molar-refractivity contribution in [3.05, 3.63) is 34.9 Å². The van der Waals surface area contributed by atoms with Gasteiger partial charge in [0.1, 0.15) is 0 Å². The maximum Gasteiger partial charge on any atom is 0.335 e. The Kier molecular flexibility index (Phi) is 3.28. The van der Waals surface area contributed by atoms with Crippen molar-refractivity contribution < 1.29 is 9.90 Å². The molecule has 2 nitrogen and oxygen atoms in total. The molecule has 1 rings (SSSR count). The van der Waals surface area contributed by atoms with Gasteiger partial charge in [0, 0.05) is 0 Å². The van der Waals surface area contributed by atoms with Crippen molar-refractivity contribution in [1.82, 2.24) is 0 Å². The van der Waals surface area contributed by atoms with Gasteiger partial charge in [0.15, 0.2) is 0 Å². The van der Waals surface area contributed by atoms with Crippen molar-refractivity contribution in [2.45, 2.75) is 33.1 Å². The van der Waals surface area contributed by atoms with Gasteiger partial charge < -0.3 is 5.11 Å². The first-order chi connectivity index (χ1) is 6.57. The van der Waals surface area contributed by atoms with Crippen LogP contribution in [0.15, 0.2) is 18.2 Å². The quantitative estimate of drug-likeness (QED) is 0.799. The molecule has 0 amide bonds. The SMILES string of the molecule is CCc1c(C(=O)O)cccc1C(C)C. The summed E-state index contributed by atoms with van der Waals surface area (Å²) in [4.78, 5) is 11.0. The van der Waals surface area contributed by atoms with Crippen molar-refractivity contribution in [3.8, 4) is 0 Å². The van der Waals surface area contributed by atoms with Crippen LogP contribution in [0.25, 0.3) is 0 Å². The Hall–Kier alpha value is -1.31. The summed E-state index contributed by atoms with van der Waals surface area (Å²) in [6.07, 6.45) is 0.774. The molecule has 0 radical (unpaired) electrons. The molecule has 0 atom stereocenters. The standard InChI is InChI=1S/C12H16O2/c1-4-9-10(8(2)3)6-5-7-11(9)12(13)14/h5-8H,4H2,1-3H3,(H,13,14). The molecule has 14 heavy (non-hydrogen) atoms. The summed E-state index contributed by atoms with van der Waals surface area (Å²) >= 11 is 0. The highest BCUT2D eigenvalue weighted by Gasteiger charge is 2.13. The molecular weight excluding hydrogens is 176 g/mol. The van der Waals surface area contributed by atoms with Crippen molar-refractivity contribution in [1.29, 1.82) is 0 Å². The van der Waals surface area contributed by atoms with Gasteiger partial charge in [-0.15, -0.1) is 0 Å². The second kappa shape index (κ2) is 4.27. The molecule has 0 saturated heterocycles. The van der Waals surface area contributed by atoms with Crippen molar-refractivity contribution >= 4 is 5.97 Å². The molecule has 1 N–H and O–H groups in total. The van der Waals surface area contributed by atoms with Crippen LogP contribution in [-0.2, 0) is 6.42 Å². The van der Waals surface area contributed by atoms with E-state index >= 15 is 0 Å². The van der Waals surface area contributed by atoms with Gasteiger partial charge in [-0.1, -0.05) is 32.9 Å². The number of benzene rings is 1. The molecule has 0 bridgehead atoms. The van der Waals surface area contributed by atoms with Gasteiger partial charge in [0.25, 0.3) is 0 Å². The molecule has 0 heterocycles. The Morgan fingerprint density at radius 3 is 2.50 bits per heavy atom. The number of carboxylic acid groups (broad SMARTS) is 1. The smallest absolute Gasteiger partial charge is 0.335 e. The summed E-state index contributed by atoms with van der Waals surface area (Å²) in [7, 11) is 0. The molecule has 0 unspecified atom stereocenters. The van der Waals surface area contributed by atoms with E-state index in [0.717, 1.165) is 17.5 Å². The van der Waals surface area contributed by atoms with Crippen LogP contribution in [0.2, 0.25) is 0 Å². The second-order valence-electron chi connectivity index (χ2n) is 3.69. The van der Waals surface area contributed by atoms with Crippen LogP contribution < -0.4 is 0 Å². The zero-order valence-corrected chi connectivity index (χ0v) is 8.87. The van der Waals surface area contributed by atoms with Crippen LogP contribution in [0.3, 0.4) is 0 Å². The number of aromatic carboxylic acids is 1. The fraction of sp³-hybridized carbons (Fsp3) is 0.417. The predicted molar refractivity (Wildman–Crippen MR) is 56.9 cm³/mol.